The molecule has 1 aromatic carbocycles. The molecule has 19 heavy (non-hydrogen) atoms. The van der Waals surface area contributed by atoms with Crippen LogP contribution in [0.15, 0.2) is 24.3 Å². The van der Waals surface area contributed by atoms with E-state index < -0.39 is 5.60 Å². The third kappa shape index (κ3) is 3.71. The van der Waals surface area contributed by atoms with E-state index in [2.05, 4.69) is 24.4 Å². The fraction of sp³-hybridized carbons (Fsp3) is 0.625. The third-order valence-electron chi connectivity index (χ3n) is 4.06. The molecule has 1 saturated carbocycles. The average molecular weight is 263 g/mol. The maximum Gasteiger partial charge on any atom is 0.118 e. The summed E-state index contributed by atoms with van der Waals surface area (Å²) in [5, 5.41) is 13.7. The lowest BCUT2D eigenvalue weighted by atomic mass is 9.80. The fourth-order valence-corrected chi connectivity index (χ4v) is 2.59. The van der Waals surface area contributed by atoms with Gasteiger partial charge in [0, 0.05) is 12.6 Å². The number of hydrogen-bond donors (Lipinski definition) is 2. The van der Waals surface area contributed by atoms with Crippen molar-refractivity contribution in [3.05, 3.63) is 29.8 Å². The summed E-state index contributed by atoms with van der Waals surface area (Å²) in [5.41, 5.74) is 0.809. The van der Waals surface area contributed by atoms with Crippen LogP contribution in [0.3, 0.4) is 0 Å². The summed E-state index contributed by atoms with van der Waals surface area (Å²) < 4.78 is 5.19. The predicted molar refractivity (Wildman–Crippen MR) is 77.4 cm³/mol. The monoisotopic (exact) mass is 263 g/mol. The molecule has 1 atom stereocenters. The van der Waals surface area contributed by atoms with E-state index in [9.17, 15) is 5.11 Å². The summed E-state index contributed by atoms with van der Waals surface area (Å²) in [7, 11) is 1.68. The third-order valence-corrected chi connectivity index (χ3v) is 4.06. The topological polar surface area (TPSA) is 41.5 Å². The van der Waals surface area contributed by atoms with Crippen molar-refractivity contribution >= 4 is 0 Å². The van der Waals surface area contributed by atoms with Gasteiger partial charge in [-0.05, 0) is 43.4 Å². The Bertz CT molecular complexity index is 384. The average Bonchev–Trinajstić information content (AvgIpc) is 2.41. The molecule has 2 rings (SSSR count). The highest BCUT2D eigenvalue weighted by Gasteiger charge is 2.34. The van der Waals surface area contributed by atoms with Gasteiger partial charge in [-0.25, -0.2) is 0 Å². The normalized spacial score (nSPS) is 18.7. The molecule has 1 unspecified atom stereocenters. The smallest absolute Gasteiger partial charge is 0.118 e. The highest BCUT2D eigenvalue weighted by Crippen LogP contribution is 2.32. The van der Waals surface area contributed by atoms with E-state index in [0.717, 1.165) is 37.9 Å². The van der Waals surface area contributed by atoms with Gasteiger partial charge in [-0.1, -0.05) is 25.5 Å². The molecule has 3 heteroatoms. The number of rotatable bonds is 7. The van der Waals surface area contributed by atoms with Crippen molar-refractivity contribution in [1.82, 2.24) is 5.32 Å². The van der Waals surface area contributed by atoms with Gasteiger partial charge in [-0.3, -0.25) is 0 Å². The van der Waals surface area contributed by atoms with E-state index in [1.807, 2.05) is 12.1 Å². The van der Waals surface area contributed by atoms with Crippen LogP contribution in [-0.4, -0.2) is 24.4 Å². The highest BCUT2D eigenvalue weighted by atomic mass is 16.5. The van der Waals surface area contributed by atoms with Crippen molar-refractivity contribution in [2.75, 3.05) is 13.7 Å². The number of ether oxygens (including phenoxy) is 1. The summed E-state index contributed by atoms with van der Waals surface area (Å²) in [6.45, 7) is 2.89. The van der Waals surface area contributed by atoms with E-state index in [0.29, 0.717) is 12.6 Å². The number of hydrogen-bond acceptors (Lipinski definition) is 3. The van der Waals surface area contributed by atoms with Gasteiger partial charge in [0.25, 0.3) is 0 Å². The summed E-state index contributed by atoms with van der Waals surface area (Å²) in [5.74, 6) is 0.886. The van der Waals surface area contributed by atoms with Gasteiger partial charge in [0.15, 0.2) is 0 Å². The second-order valence-corrected chi connectivity index (χ2v) is 5.57. The van der Waals surface area contributed by atoms with Gasteiger partial charge >= 0.3 is 0 Å². The zero-order valence-corrected chi connectivity index (χ0v) is 12.0. The molecule has 0 radical (unpaired) electrons. The Morgan fingerprint density at radius 1 is 1.32 bits per heavy atom. The Morgan fingerprint density at radius 2 is 2.00 bits per heavy atom. The minimum atomic E-state index is -0.460. The van der Waals surface area contributed by atoms with Crippen LogP contribution >= 0.6 is 0 Å². The van der Waals surface area contributed by atoms with E-state index in [4.69, 9.17) is 4.74 Å². The van der Waals surface area contributed by atoms with Gasteiger partial charge in [0.2, 0.25) is 0 Å². The van der Waals surface area contributed by atoms with Crippen LogP contribution in [0.2, 0.25) is 0 Å². The lowest BCUT2D eigenvalue weighted by molar-refractivity contribution is -0.0334. The quantitative estimate of drug-likeness (QED) is 0.794. The fourth-order valence-electron chi connectivity index (χ4n) is 2.59. The van der Waals surface area contributed by atoms with Gasteiger partial charge in [0.05, 0.1) is 12.7 Å². The van der Waals surface area contributed by atoms with Crippen molar-refractivity contribution in [3.63, 3.8) is 0 Å². The molecule has 0 aliphatic heterocycles. The van der Waals surface area contributed by atoms with Crippen molar-refractivity contribution in [2.45, 2.75) is 50.7 Å². The van der Waals surface area contributed by atoms with E-state index in [-0.39, 0.29) is 0 Å². The molecule has 106 valence electrons. The van der Waals surface area contributed by atoms with Crippen molar-refractivity contribution < 1.29 is 9.84 Å². The zero-order valence-electron chi connectivity index (χ0n) is 12.0. The van der Waals surface area contributed by atoms with Crippen molar-refractivity contribution in [3.8, 4) is 5.75 Å². The molecular weight excluding hydrogens is 238 g/mol. The van der Waals surface area contributed by atoms with Crippen LogP contribution in [0.1, 0.15) is 50.6 Å². The maximum atomic E-state index is 10.2. The van der Waals surface area contributed by atoms with E-state index in [1.54, 1.807) is 7.11 Å². The van der Waals surface area contributed by atoms with Crippen LogP contribution in [-0.2, 0) is 0 Å². The summed E-state index contributed by atoms with van der Waals surface area (Å²) in [6, 6.07) is 8.53. The molecule has 1 aromatic rings. The number of benzene rings is 1. The zero-order chi connectivity index (χ0) is 13.7. The van der Waals surface area contributed by atoms with Crippen LogP contribution in [0.4, 0.5) is 0 Å². The molecule has 3 nitrogen and oxygen atoms in total. The Hall–Kier alpha value is -1.06. The number of aliphatic hydroxyl groups is 1. The molecule has 0 spiro atoms. The summed E-state index contributed by atoms with van der Waals surface area (Å²) in [6.07, 6.45) is 5.23. The van der Waals surface area contributed by atoms with Gasteiger partial charge in [-0.2, -0.15) is 0 Å². The molecule has 0 aromatic heterocycles. The van der Waals surface area contributed by atoms with E-state index >= 15 is 0 Å². The maximum absolute atomic E-state index is 10.2. The van der Waals surface area contributed by atoms with Crippen molar-refractivity contribution in [1.29, 1.82) is 0 Å². The number of nitrogens with one attached hydrogen (secondary N) is 1. The van der Waals surface area contributed by atoms with E-state index in [1.165, 1.54) is 5.56 Å². The first-order chi connectivity index (χ1) is 9.17. The van der Waals surface area contributed by atoms with Crippen LogP contribution in [0.25, 0.3) is 0 Å². The second kappa shape index (κ2) is 6.40. The van der Waals surface area contributed by atoms with Crippen LogP contribution < -0.4 is 10.1 Å². The molecule has 1 aliphatic carbocycles. The van der Waals surface area contributed by atoms with Gasteiger partial charge in [-0.15, -0.1) is 0 Å². The predicted octanol–water partition coefficient (Wildman–Crippen LogP) is 3.04. The molecule has 2 N–H and O–H groups in total. The number of methoxy groups -OCH3 is 1. The minimum absolute atomic E-state index is 0.320. The summed E-state index contributed by atoms with van der Waals surface area (Å²) >= 11 is 0. The molecule has 1 aliphatic rings. The van der Waals surface area contributed by atoms with Gasteiger partial charge in [0.1, 0.15) is 5.75 Å². The molecule has 0 amide bonds. The SMILES string of the molecule is CCCC(NCC1(O)CCC1)c1ccc(OC)cc1. The Morgan fingerprint density at radius 3 is 2.47 bits per heavy atom. The molecule has 1 fully saturated rings. The Balaban J connectivity index is 1.97. The molecule has 0 heterocycles. The first-order valence-electron chi connectivity index (χ1n) is 7.26. The lowest BCUT2D eigenvalue weighted by Gasteiger charge is -2.38. The second-order valence-electron chi connectivity index (χ2n) is 5.57. The molecular formula is C16H25NO2. The highest BCUT2D eigenvalue weighted by molar-refractivity contribution is 5.29. The lowest BCUT2D eigenvalue weighted by Crippen LogP contribution is -2.47. The van der Waals surface area contributed by atoms with Gasteiger partial charge < -0.3 is 15.2 Å². The molecule has 0 saturated heterocycles. The first-order valence-corrected chi connectivity index (χ1v) is 7.26. The Kier molecular flexibility index (Phi) is 4.83. The van der Waals surface area contributed by atoms with Crippen LogP contribution in [0.5, 0.6) is 5.75 Å². The minimum Gasteiger partial charge on any atom is -0.497 e. The Labute approximate surface area is 116 Å². The molecule has 0 bridgehead atoms. The standard InChI is InChI=1S/C16H25NO2/c1-3-5-15(17-12-16(18)10-4-11-16)13-6-8-14(19-2)9-7-13/h6-9,15,17-18H,3-5,10-12H2,1-2H3. The van der Waals surface area contributed by atoms with Crippen molar-refractivity contribution in [2.24, 2.45) is 0 Å². The largest absolute Gasteiger partial charge is 0.497 e. The first kappa shape index (κ1) is 14.4. The summed E-state index contributed by atoms with van der Waals surface area (Å²) in [4.78, 5) is 0. The van der Waals surface area contributed by atoms with Crippen LogP contribution in [0, 0.1) is 0 Å².